The molecule has 0 bridgehead atoms. The molecule has 58 heavy (non-hydrogen) atoms. The van der Waals surface area contributed by atoms with Gasteiger partial charge in [-0.15, -0.1) is 6.58 Å². The van der Waals surface area contributed by atoms with Crippen molar-refractivity contribution in [2.45, 2.75) is 133 Å². The van der Waals surface area contributed by atoms with Crippen molar-refractivity contribution in [3.63, 3.8) is 0 Å². The minimum Gasteiger partial charge on any atom is -0.400 e. The van der Waals surface area contributed by atoms with Gasteiger partial charge in [-0.3, -0.25) is 14.4 Å². The standard InChI is InChI=1S/C42H60N2O5S.C4H8.C2H6.CH4O/c1-38(2)31(30-11-9-29(28-45)10-12-30)15-18-39(3)34(38)16-19-41(5)35(39)14-13-32-33-8-6-17-42(33,21-20-40(32,41)4)36(46)37(47)43-22-7-23-44-24-26-50(48,49)27-25-44;1-4(2)3;2*1-2/h9-12,15,28,32-35H,6-8,13-14,16-27H2,1-5H3,(H,43,47);1H2,2-3H3;1-2H3;2H,1H3/t32-,33-,34?,35?,39+,40-,41-,42+;;;/m1.../s1. The fourth-order valence-corrected chi connectivity index (χ4v) is 14.9. The molecule has 7 rings (SSSR count). The molecule has 5 fully saturated rings. The van der Waals surface area contributed by atoms with Crippen LogP contribution < -0.4 is 5.32 Å². The third-order valence-corrected chi connectivity index (χ3v) is 17.9. The highest BCUT2D eigenvalue weighted by Crippen LogP contribution is 2.77. The Morgan fingerprint density at radius 1 is 0.862 bits per heavy atom. The summed E-state index contributed by atoms with van der Waals surface area (Å²) in [7, 11) is -1.91. The lowest BCUT2D eigenvalue weighted by atomic mass is 9.32. The lowest BCUT2D eigenvalue weighted by molar-refractivity contribution is -0.221. The molecular weight excluding hydrogens is 745 g/mol. The van der Waals surface area contributed by atoms with Gasteiger partial charge in [0.2, 0.25) is 5.78 Å². The van der Waals surface area contributed by atoms with Crippen LogP contribution in [0.5, 0.6) is 0 Å². The van der Waals surface area contributed by atoms with Crippen molar-refractivity contribution in [1.29, 1.82) is 0 Å². The largest absolute Gasteiger partial charge is 0.400 e. The predicted octanol–water partition coefficient (Wildman–Crippen LogP) is 9.37. The first-order valence-electron chi connectivity index (χ1n) is 22.4. The number of aliphatic hydroxyl groups is 1. The van der Waals surface area contributed by atoms with Crippen LogP contribution in [0.1, 0.15) is 149 Å². The number of sulfone groups is 1. The molecule has 4 saturated carbocycles. The summed E-state index contributed by atoms with van der Waals surface area (Å²) < 4.78 is 23.5. The maximum absolute atomic E-state index is 14.2. The maximum Gasteiger partial charge on any atom is 0.287 e. The van der Waals surface area contributed by atoms with Crippen molar-refractivity contribution < 1.29 is 27.9 Å². The second-order valence-electron chi connectivity index (χ2n) is 19.7. The van der Waals surface area contributed by atoms with Gasteiger partial charge in [-0.25, -0.2) is 8.42 Å². The van der Waals surface area contributed by atoms with E-state index in [1.165, 1.54) is 36.0 Å². The molecule has 5 aliphatic carbocycles. The monoisotopic (exact) mass is 823 g/mol. The molecule has 1 aromatic rings. The highest BCUT2D eigenvalue weighted by molar-refractivity contribution is 7.91. The average Bonchev–Trinajstić information content (AvgIpc) is 3.64. The summed E-state index contributed by atoms with van der Waals surface area (Å²) in [5, 5.41) is 9.99. The topological polar surface area (TPSA) is 121 Å². The Balaban J connectivity index is 0.000000865. The summed E-state index contributed by atoms with van der Waals surface area (Å²) in [6.45, 7) is 26.5. The summed E-state index contributed by atoms with van der Waals surface area (Å²) in [4.78, 5) is 41.2. The first-order chi connectivity index (χ1) is 27.3. The highest BCUT2D eigenvalue weighted by Gasteiger charge is 2.70. The second kappa shape index (κ2) is 19.0. The van der Waals surface area contributed by atoms with E-state index in [1.54, 1.807) is 0 Å². The van der Waals surface area contributed by atoms with Crippen LogP contribution in [0.2, 0.25) is 0 Å². The van der Waals surface area contributed by atoms with Gasteiger partial charge < -0.3 is 15.3 Å². The van der Waals surface area contributed by atoms with Crippen molar-refractivity contribution >= 4 is 33.4 Å². The van der Waals surface area contributed by atoms with E-state index in [2.05, 4.69) is 69.6 Å². The molecule has 1 aliphatic heterocycles. The van der Waals surface area contributed by atoms with Crippen molar-refractivity contribution in [1.82, 2.24) is 10.2 Å². The van der Waals surface area contributed by atoms with E-state index in [4.69, 9.17) is 5.11 Å². The maximum atomic E-state index is 14.2. The van der Waals surface area contributed by atoms with Crippen LogP contribution in [0.4, 0.5) is 0 Å². The predicted molar refractivity (Wildman–Crippen MR) is 238 cm³/mol. The van der Waals surface area contributed by atoms with Crippen molar-refractivity contribution in [2.75, 3.05) is 44.8 Å². The lowest BCUT2D eigenvalue weighted by Crippen LogP contribution is -2.65. The Bertz CT molecular complexity index is 1750. The van der Waals surface area contributed by atoms with Crippen LogP contribution >= 0.6 is 0 Å². The summed E-state index contributed by atoms with van der Waals surface area (Å²) >= 11 is 0. The number of nitrogens with one attached hydrogen (secondary N) is 1. The molecule has 0 spiro atoms. The van der Waals surface area contributed by atoms with E-state index < -0.39 is 21.2 Å². The van der Waals surface area contributed by atoms with Crippen LogP contribution in [0, 0.1) is 50.7 Å². The molecule has 1 heterocycles. The molecule has 0 radical (unpaired) electrons. The molecule has 1 saturated heterocycles. The smallest absolute Gasteiger partial charge is 0.287 e. The molecule has 326 valence electrons. The van der Waals surface area contributed by atoms with Crippen LogP contribution in [0.25, 0.3) is 5.57 Å². The van der Waals surface area contributed by atoms with Gasteiger partial charge in [-0.1, -0.05) is 90.8 Å². The van der Waals surface area contributed by atoms with Gasteiger partial charge in [-0.05, 0) is 141 Å². The summed E-state index contributed by atoms with van der Waals surface area (Å²) in [5.41, 5.74) is 4.57. The van der Waals surface area contributed by atoms with Crippen molar-refractivity contribution in [2.24, 2.45) is 50.7 Å². The Hall–Kier alpha value is -2.62. The number of carbonyl (C=O) groups is 3. The number of amides is 1. The van der Waals surface area contributed by atoms with Crippen molar-refractivity contribution in [3.8, 4) is 0 Å². The molecular formula is C49H78N2O6S. The molecule has 2 N–H and O–H groups in total. The second-order valence-corrected chi connectivity index (χ2v) is 22.0. The summed E-state index contributed by atoms with van der Waals surface area (Å²) in [5.74, 6) is 1.77. The van der Waals surface area contributed by atoms with Crippen LogP contribution in [-0.2, 0) is 19.4 Å². The summed E-state index contributed by atoms with van der Waals surface area (Å²) in [6.07, 6.45) is 14.8. The molecule has 6 aliphatic rings. The normalized spacial score (nSPS) is 35.4. The number of hydrogen-bond donors (Lipinski definition) is 2. The highest BCUT2D eigenvalue weighted by atomic mass is 32.2. The zero-order chi connectivity index (χ0) is 43.3. The van der Waals surface area contributed by atoms with Gasteiger partial charge in [0, 0.05) is 37.7 Å². The van der Waals surface area contributed by atoms with Crippen LogP contribution in [0.3, 0.4) is 0 Å². The Morgan fingerprint density at radius 3 is 2.09 bits per heavy atom. The number of Topliss-reactive ketones (excluding diaryl/α,β-unsaturated/α-hetero) is 1. The number of hydrogen-bond acceptors (Lipinski definition) is 7. The summed E-state index contributed by atoms with van der Waals surface area (Å²) in [6, 6.07) is 8.15. The molecule has 1 aromatic carbocycles. The van der Waals surface area contributed by atoms with Crippen LogP contribution in [-0.4, -0.2) is 81.2 Å². The van der Waals surface area contributed by atoms with Gasteiger partial charge in [0.25, 0.3) is 5.91 Å². The Kier molecular flexibility index (Phi) is 15.7. The number of nitrogens with zero attached hydrogens (tertiary/aromatic N) is 1. The molecule has 0 aromatic heterocycles. The SMILES string of the molecule is C=C(C)C.CC.CC1(C)C(c2ccc(C=O)cc2)=CC[C@@]2(C)C1CC[C@]1(C)C2CC[C@@H]2[C@H]3CCC[C@]3(C(=O)C(=O)NCCCN3CCS(=O)(=O)CC3)CC[C@]21C.CO. The van der Waals surface area contributed by atoms with Gasteiger partial charge in [0.1, 0.15) is 6.29 Å². The van der Waals surface area contributed by atoms with Gasteiger partial charge in [0.15, 0.2) is 9.84 Å². The third-order valence-electron chi connectivity index (χ3n) is 16.3. The Labute approximate surface area is 352 Å². The number of carbonyl (C=O) groups excluding carboxylic acids is 3. The van der Waals surface area contributed by atoms with E-state index in [-0.39, 0.29) is 44.9 Å². The van der Waals surface area contributed by atoms with Gasteiger partial charge >= 0.3 is 0 Å². The molecule has 8 atom stereocenters. The minimum absolute atomic E-state index is 0.0240. The third kappa shape index (κ3) is 8.89. The first kappa shape index (κ1) is 48.1. The van der Waals surface area contributed by atoms with E-state index in [0.29, 0.717) is 37.4 Å². The number of aliphatic hydroxyl groups excluding tert-OH is 1. The number of ketones is 1. The first-order valence-corrected chi connectivity index (χ1v) is 24.3. The number of fused-ring (bicyclic) bond motifs is 7. The zero-order valence-electron chi connectivity index (χ0n) is 37.8. The minimum atomic E-state index is -2.91. The fraction of sp³-hybridized carbons (Fsp3) is 0.735. The fourth-order valence-electron chi connectivity index (χ4n) is 13.6. The molecule has 8 nitrogen and oxygen atoms in total. The number of allylic oxidation sites excluding steroid dienone is 3. The lowest BCUT2D eigenvalue weighted by Gasteiger charge is -2.72. The van der Waals surface area contributed by atoms with Crippen molar-refractivity contribution in [3.05, 3.63) is 53.6 Å². The molecule has 1 amide bonds. The van der Waals surface area contributed by atoms with Gasteiger partial charge in [-0.2, -0.15) is 0 Å². The van der Waals surface area contributed by atoms with Crippen LogP contribution in [0.15, 0.2) is 42.5 Å². The van der Waals surface area contributed by atoms with Gasteiger partial charge in [0.05, 0.1) is 11.5 Å². The van der Waals surface area contributed by atoms with E-state index in [0.717, 1.165) is 76.9 Å². The number of rotatable bonds is 8. The average molecular weight is 823 g/mol. The number of aldehydes is 1. The zero-order valence-corrected chi connectivity index (χ0v) is 38.7. The van der Waals surface area contributed by atoms with E-state index >= 15 is 0 Å². The van der Waals surface area contributed by atoms with E-state index in [1.807, 2.05) is 39.8 Å². The quantitative estimate of drug-likeness (QED) is 0.116. The number of benzene rings is 1. The Morgan fingerprint density at radius 2 is 1.48 bits per heavy atom. The van der Waals surface area contributed by atoms with E-state index in [9.17, 15) is 22.8 Å². The molecule has 9 heteroatoms. The molecule has 2 unspecified atom stereocenters.